The number of hydrogen-bond donors (Lipinski definition) is 1. The van der Waals surface area contributed by atoms with Crippen LogP contribution in [0, 0.1) is 5.82 Å². The lowest BCUT2D eigenvalue weighted by Crippen LogP contribution is -2.06. The van der Waals surface area contributed by atoms with Gasteiger partial charge < -0.3 is 5.73 Å². The van der Waals surface area contributed by atoms with Crippen LogP contribution in [0.2, 0.25) is 0 Å². The summed E-state index contributed by atoms with van der Waals surface area (Å²) in [5, 5.41) is 0. The van der Waals surface area contributed by atoms with Crippen molar-refractivity contribution >= 4 is 11.6 Å². The first-order valence-electron chi connectivity index (χ1n) is 5.15. The number of halogens is 1. The first kappa shape index (κ1) is 11.3. The predicted molar refractivity (Wildman–Crippen MR) is 63.1 cm³/mol. The molecule has 1 heterocycles. The molecule has 0 aliphatic rings. The van der Waals surface area contributed by atoms with Crippen LogP contribution in [0.15, 0.2) is 42.6 Å². The standard InChI is InChI=1S/C13H11FN2O/c14-11-5-3-9(4-6-11)12(17)8-10-2-1-7-16-13(10)15/h1-7H,8H2,(H2,15,16). The number of carbonyl (C=O) groups excluding carboxylic acids is 1. The number of rotatable bonds is 3. The van der Waals surface area contributed by atoms with E-state index >= 15 is 0 Å². The average molecular weight is 230 g/mol. The van der Waals surface area contributed by atoms with E-state index in [1.165, 1.54) is 24.3 Å². The van der Waals surface area contributed by atoms with E-state index in [2.05, 4.69) is 4.98 Å². The summed E-state index contributed by atoms with van der Waals surface area (Å²) >= 11 is 0. The molecule has 1 aromatic carbocycles. The molecule has 17 heavy (non-hydrogen) atoms. The summed E-state index contributed by atoms with van der Waals surface area (Å²) in [6.07, 6.45) is 1.74. The van der Waals surface area contributed by atoms with Crippen molar-refractivity contribution in [2.75, 3.05) is 5.73 Å². The fourth-order valence-corrected chi connectivity index (χ4v) is 1.51. The van der Waals surface area contributed by atoms with Crippen LogP contribution in [0.5, 0.6) is 0 Å². The van der Waals surface area contributed by atoms with E-state index in [-0.39, 0.29) is 18.0 Å². The number of nitrogen functional groups attached to an aromatic ring is 1. The van der Waals surface area contributed by atoms with Gasteiger partial charge in [0.15, 0.2) is 5.78 Å². The maximum absolute atomic E-state index is 12.7. The SMILES string of the molecule is Nc1ncccc1CC(=O)c1ccc(F)cc1. The van der Waals surface area contributed by atoms with Crippen LogP contribution >= 0.6 is 0 Å². The van der Waals surface area contributed by atoms with Gasteiger partial charge in [0.1, 0.15) is 11.6 Å². The maximum Gasteiger partial charge on any atom is 0.167 e. The van der Waals surface area contributed by atoms with Gasteiger partial charge in [-0.05, 0) is 30.3 Å². The second kappa shape index (κ2) is 4.74. The maximum atomic E-state index is 12.7. The van der Waals surface area contributed by atoms with Crippen LogP contribution in [-0.4, -0.2) is 10.8 Å². The van der Waals surface area contributed by atoms with Gasteiger partial charge in [0.05, 0.1) is 0 Å². The first-order chi connectivity index (χ1) is 8.16. The Morgan fingerprint density at radius 3 is 2.59 bits per heavy atom. The van der Waals surface area contributed by atoms with Crippen LogP contribution in [0.25, 0.3) is 0 Å². The van der Waals surface area contributed by atoms with E-state index in [0.29, 0.717) is 16.9 Å². The molecule has 0 spiro atoms. The minimum atomic E-state index is -0.359. The minimum absolute atomic E-state index is 0.107. The normalized spacial score (nSPS) is 10.2. The lowest BCUT2D eigenvalue weighted by atomic mass is 10.0. The van der Waals surface area contributed by atoms with E-state index in [4.69, 9.17) is 5.73 Å². The Bertz CT molecular complexity index is 537. The Hall–Kier alpha value is -2.23. The Morgan fingerprint density at radius 1 is 1.24 bits per heavy atom. The molecule has 0 atom stereocenters. The van der Waals surface area contributed by atoms with E-state index in [9.17, 15) is 9.18 Å². The zero-order valence-electron chi connectivity index (χ0n) is 9.06. The molecule has 0 aliphatic carbocycles. The number of aromatic nitrogens is 1. The summed E-state index contributed by atoms with van der Waals surface area (Å²) in [6.45, 7) is 0. The average Bonchev–Trinajstić information content (AvgIpc) is 2.33. The molecular weight excluding hydrogens is 219 g/mol. The first-order valence-corrected chi connectivity index (χ1v) is 5.15. The van der Waals surface area contributed by atoms with Gasteiger partial charge in [-0.25, -0.2) is 9.37 Å². The highest BCUT2D eigenvalue weighted by Crippen LogP contribution is 2.12. The number of pyridine rings is 1. The Kier molecular flexibility index (Phi) is 3.14. The number of nitrogens with two attached hydrogens (primary N) is 1. The molecule has 0 fully saturated rings. The molecule has 2 N–H and O–H groups in total. The zero-order valence-corrected chi connectivity index (χ0v) is 9.06. The molecular formula is C13H11FN2O. The van der Waals surface area contributed by atoms with Gasteiger partial charge >= 0.3 is 0 Å². The number of carbonyl (C=O) groups is 1. The summed E-state index contributed by atoms with van der Waals surface area (Å²) in [5.41, 5.74) is 6.80. The summed E-state index contributed by atoms with van der Waals surface area (Å²) in [6, 6.07) is 8.93. The Balaban J connectivity index is 2.17. The molecule has 1 aromatic heterocycles. The molecule has 0 amide bonds. The van der Waals surface area contributed by atoms with Crippen LogP contribution in [0.4, 0.5) is 10.2 Å². The summed E-state index contributed by atoms with van der Waals surface area (Å²) in [5.74, 6) is -0.116. The fraction of sp³-hybridized carbons (Fsp3) is 0.0769. The number of nitrogens with zero attached hydrogens (tertiary/aromatic N) is 1. The Labute approximate surface area is 98.1 Å². The summed E-state index contributed by atoms with van der Waals surface area (Å²) in [4.78, 5) is 15.8. The predicted octanol–water partition coefficient (Wildman–Crippen LogP) is 2.23. The topological polar surface area (TPSA) is 56.0 Å². The molecule has 2 rings (SSSR count). The number of ketones is 1. The van der Waals surface area contributed by atoms with Gasteiger partial charge in [0.2, 0.25) is 0 Å². The van der Waals surface area contributed by atoms with Crippen molar-refractivity contribution in [3.8, 4) is 0 Å². The number of anilines is 1. The number of hydrogen-bond acceptors (Lipinski definition) is 3. The van der Waals surface area contributed by atoms with Crippen molar-refractivity contribution in [2.24, 2.45) is 0 Å². The molecule has 3 nitrogen and oxygen atoms in total. The third kappa shape index (κ3) is 2.66. The monoisotopic (exact) mass is 230 g/mol. The second-order valence-electron chi connectivity index (χ2n) is 3.65. The van der Waals surface area contributed by atoms with Gasteiger partial charge in [-0.2, -0.15) is 0 Å². The highest BCUT2D eigenvalue weighted by molar-refractivity contribution is 5.97. The van der Waals surface area contributed by atoms with Gasteiger partial charge in [-0.15, -0.1) is 0 Å². The number of benzene rings is 1. The fourth-order valence-electron chi connectivity index (χ4n) is 1.51. The van der Waals surface area contributed by atoms with Crippen LogP contribution < -0.4 is 5.73 Å². The highest BCUT2D eigenvalue weighted by atomic mass is 19.1. The van der Waals surface area contributed by atoms with Crippen molar-refractivity contribution < 1.29 is 9.18 Å². The molecule has 2 aromatic rings. The third-order valence-electron chi connectivity index (χ3n) is 2.44. The molecule has 0 saturated carbocycles. The Morgan fingerprint density at radius 2 is 1.94 bits per heavy atom. The van der Waals surface area contributed by atoms with Crippen molar-refractivity contribution in [1.29, 1.82) is 0 Å². The van der Waals surface area contributed by atoms with Crippen molar-refractivity contribution in [3.63, 3.8) is 0 Å². The van der Waals surface area contributed by atoms with Crippen molar-refractivity contribution in [2.45, 2.75) is 6.42 Å². The van der Waals surface area contributed by atoms with E-state index in [0.717, 1.165) is 0 Å². The zero-order chi connectivity index (χ0) is 12.3. The molecule has 0 unspecified atom stereocenters. The quantitative estimate of drug-likeness (QED) is 0.822. The van der Waals surface area contributed by atoms with E-state index in [1.807, 2.05) is 0 Å². The lowest BCUT2D eigenvalue weighted by molar-refractivity contribution is 0.0993. The van der Waals surface area contributed by atoms with Crippen LogP contribution in [-0.2, 0) is 6.42 Å². The lowest BCUT2D eigenvalue weighted by Gasteiger charge is -2.03. The van der Waals surface area contributed by atoms with Gasteiger partial charge in [0, 0.05) is 23.7 Å². The highest BCUT2D eigenvalue weighted by Gasteiger charge is 2.09. The van der Waals surface area contributed by atoms with Gasteiger partial charge in [-0.3, -0.25) is 4.79 Å². The molecule has 0 saturated heterocycles. The van der Waals surface area contributed by atoms with Crippen molar-refractivity contribution in [3.05, 3.63) is 59.5 Å². The smallest absolute Gasteiger partial charge is 0.167 e. The molecule has 0 bridgehead atoms. The van der Waals surface area contributed by atoms with Gasteiger partial charge in [0.25, 0.3) is 0 Å². The molecule has 86 valence electrons. The largest absolute Gasteiger partial charge is 0.383 e. The summed E-state index contributed by atoms with van der Waals surface area (Å²) < 4.78 is 12.7. The van der Waals surface area contributed by atoms with E-state index < -0.39 is 0 Å². The molecule has 0 radical (unpaired) electrons. The minimum Gasteiger partial charge on any atom is -0.383 e. The second-order valence-corrected chi connectivity index (χ2v) is 3.65. The third-order valence-corrected chi connectivity index (χ3v) is 2.44. The van der Waals surface area contributed by atoms with E-state index in [1.54, 1.807) is 18.3 Å². The number of Topliss-reactive ketones (excluding diaryl/α,β-unsaturated/α-hetero) is 1. The van der Waals surface area contributed by atoms with Crippen molar-refractivity contribution in [1.82, 2.24) is 4.98 Å². The van der Waals surface area contributed by atoms with Crippen LogP contribution in [0.1, 0.15) is 15.9 Å². The molecule has 4 heteroatoms. The van der Waals surface area contributed by atoms with Gasteiger partial charge in [-0.1, -0.05) is 6.07 Å². The molecule has 0 aliphatic heterocycles. The van der Waals surface area contributed by atoms with Crippen LogP contribution in [0.3, 0.4) is 0 Å². The summed E-state index contributed by atoms with van der Waals surface area (Å²) in [7, 11) is 0.